The van der Waals surface area contributed by atoms with Crippen LogP contribution in [0.4, 0.5) is 5.69 Å². The van der Waals surface area contributed by atoms with Crippen molar-refractivity contribution in [2.45, 2.75) is 16.8 Å². The standard InChI is InChI=1S/C30H26Br2N2O2/c31-21-20-27(32)29(36)33-26-18-16-25(17-19-26)30(23-12-6-2-7-13-23,24-14-8-3-9-15-24)34-28(35)22-10-4-1-5-11-22/h1-19,27H,20-21H2,(H,33,36)(H,34,35). The maximum absolute atomic E-state index is 13.6. The van der Waals surface area contributed by atoms with Gasteiger partial charge in [-0.2, -0.15) is 0 Å². The number of carbonyl (C=O) groups excluding carboxylic acids is 2. The highest BCUT2D eigenvalue weighted by Crippen LogP contribution is 2.37. The second kappa shape index (κ2) is 12.2. The average molecular weight is 606 g/mol. The molecule has 0 saturated heterocycles. The number of halogens is 2. The Bertz CT molecular complexity index is 1240. The predicted molar refractivity (Wildman–Crippen MR) is 153 cm³/mol. The van der Waals surface area contributed by atoms with Crippen LogP contribution in [0.1, 0.15) is 33.5 Å². The van der Waals surface area contributed by atoms with Crippen LogP contribution in [0.3, 0.4) is 0 Å². The molecule has 4 aromatic rings. The minimum absolute atomic E-state index is 0.100. The molecule has 0 aromatic heterocycles. The quantitative estimate of drug-likeness (QED) is 0.161. The Morgan fingerprint density at radius 2 is 1.17 bits per heavy atom. The van der Waals surface area contributed by atoms with Crippen LogP contribution in [-0.2, 0) is 10.3 Å². The molecule has 4 aromatic carbocycles. The number of amides is 2. The fraction of sp³-hybridized carbons (Fsp3) is 0.133. The average Bonchev–Trinajstić information content (AvgIpc) is 2.93. The molecule has 0 saturated carbocycles. The van der Waals surface area contributed by atoms with E-state index in [1.165, 1.54) is 0 Å². The Balaban J connectivity index is 1.80. The molecule has 0 heterocycles. The van der Waals surface area contributed by atoms with Gasteiger partial charge >= 0.3 is 0 Å². The summed E-state index contributed by atoms with van der Waals surface area (Å²) in [7, 11) is 0. The predicted octanol–water partition coefficient (Wildman–Crippen LogP) is 6.90. The van der Waals surface area contributed by atoms with E-state index in [0.29, 0.717) is 17.7 Å². The fourth-order valence-corrected chi connectivity index (χ4v) is 5.59. The van der Waals surface area contributed by atoms with Gasteiger partial charge in [0.1, 0.15) is 5.54 Å². The monoisotopic (exact) mass is 604 g/mol. The van der Waals surface area contributed by atoms with E-state index in [1.54, 1.807) is 12.1 Å². The molecule has 0 aliphatic carbocycles. The first-order chi connectivity index (χ1) is 17.5. The van der Waals surface area contributed by atoms with Crippen molar-refractivity contribution in [3.05, 3.63) is 138 Å². The highest BCUT2D eigenvalue weighted by Gasteiger charge is 2.38. The molecule has 0 aliphatic heterocycles. The van der Waals surface area contributed by atoms with Crippen molar-refractivity contribution in [3.8, 4) is 0 Å². The number of benzene rings is 4. The van der Waals surface area contributed by atoms with Crippen LogP contribution in [0.5, 0.6) is 0 Å². The number of anilines is 1. The Hall–Kier alpha value is -3.22. The van der Waals surface area contributed by atoms with E-state index >= 15 is 0 Å². The first-order valence-corrected chi connectivity index (χ1v) is 13.7. The van der Waals surface area contributed by atoms with Gasteiger partial charge in [-0.3, -0.25) is 9.59 Å². The molecule has 2 N–H and O–H groups in total. The van der Waals surface area contributed by atoms with Crippen LogP contribution in [0.2, 0.25) is 0 Å². The van der Waals surface area contributed by atoms with Crippen LogP contribution >= 0.6 is 31.9 Å². The number of alkyl halides is 2. The fourth-order valence-electron chi connectivity index (χ4n) is 4.18. The normalized spacial score (nSPS) is 11.9. The largest absolute Gasteiger partial charge is 0.334 e. The van der Waals surface area contributed by atoms with Gasteiger partial charge in [0.05, 0.1) is 4.83 Å². The van der Waals surface area contributed by atoms with Crippen molar-refractivity contribution in [3.63, 3.8) is 0 Å². The number of rotatable bonds is 9. The molecule has 182 valence electrons. The third-order valence-corrected chi connectivity index (χ3v) is 7.31. The van der Waals surface area contributed by atoms with E-state index in [4.69, 9.17) is 0 Å². The summed E-state index contributed by atoms with van der Waals surface area (Å²) in [6.07, 6.45) is 0.681. The number of hydrogen-bond donors (Lipinski definition) is 2. The van der Waals surface area contributed by atoms with E-state index in [9.17, 15) is 9.59 Å². The SMILES string of the molecule is O=C(NC(c1ccccc1)(c1ccccc1)c1ccc(NC(=O)C(Br)CCBr)cc1)c1ccccc1. The van der Waals surface area contributed by atoms with Crippen molar-refractivity contribution < 1.29 is 9.59 Å². The summed E-state index contributed by atoms with van der Waals surface area (Å²) in [5, 5.41) is 7.04. The van der Waals surface area contributed by atoms with Crippen LogP contribution in [0, 0.1) is 0 Å². The van der Waals surface area contributed by atoms with E-state index in [2.05, 4.69) is 42.5 Å². The molecule has 1 atom stereocenters. The van der Waals surface area contributed by atoms with Crippen molar-refractivity contribution in [2.75, 3.05) is 10.6 Å². The third kappa shape index (κ3) is 5.77. The summed E-state index contributed by atoms with van der Waals surface area (Å²) < 4.78 is 0. The van der Waals surface area contributed by atoms with Gasteiger partial charge < -0.3 is 10.6 Å². The van der Waals surface area contributed by atoms with Crippen molar-refractivity contribution >= 4 is 49.4 Å². The zero-order valence-electron chi connectivity index (χ0n) is 19.5. The molecule has 36 heavy (non-hydrogen) atoms. The van der Waals surface area contributed by atoms with E-state index in [0.717, 1.165) is 22.0 Å². The lowest BCUT2D eigenvalue weighted by molar-refractivity contribution is -0.115. The molecule has 4 rings (SSSR count). The summed E-state index contributed by atoms with van der Waals surface area (Å²) in [6.45, 7) is 0. The Morgan fingerprint density at radius 3 is 1.67 bits per heavy atom. The summed E-state index contributed by atoms with van der Waals surface area (Å²) in [5.41, 5.74) is 3.04. The minimum Gasteiger partial charge on any atom is -0.334 e. The van der Waals surface area contributed by atoms with E-state index < -0.39 is 5.54 Å². The van der Waals surface area contributed by atoms with Gasteiger partial charge in [0.15, 0.2) is 0 Å². The van der Waals surface area contributed by atoms with Crippen LogP contribution < -0.4 is 10.6 Å². The molecule has 4 nitrogen and oxygen atoms in total. The molecule has 0 fully saturated rings. The first kappa shape index (κ1) is 25.9. The molecule has 1 unspecified atom stereocenters. The van der Waals surface area contributed by atoms with Gasteiger partial charge in [-0.1, -0.05) is 123 Å². The van der Waals surface area contributed by atoms with Crippen molar-refractivity contribution in [2.24, 2.45) is 0 Å². The molecule has 0 spiro atoms. The van der Waals surface area contributed by atoms with E-state index in [-0.39, 0.29) is 16.6 Å². The topological polar surface area (TPSA) is 58.2 Å². The molecule has 0 aliphatic rings. The highest BCUT2D eigenvalue weighted by molar-refractivity contribution is 9.10. The molecule has 2 amide bonds. The lowest BCUT2D eigenvalue weighted by Gasteiger charge is -2.37. The summed E-state index contributed by atoms with van der Waals surface area (Å²) >= 11 is 6.80. The number of hydrogen-bond acceptors (Lipinski definition) is 2. The number of nitrogens with one attached hydrogen (secondary N) is 2. The van der Waals surface area contributed by atoms with Gasteiger partial charge in [-0.05, 0) is 47.4 Å². The highest BCUT2D eigenvalue weighted by atomic mass is 79.9. The Labute approximate surface area is 228 Å². The van der Waals surface area contributed by atoms with Crippen LogP contribution in [-0.4, -0.2) is 22.0 Å². The number of carbonyl (C=O) groups is 2. The van der Waals surface area contributed by atoms with Crippen molar-refractivity contribution in [1.29, 1.82) is 0 Å². The van der Waals surface area contributed by atoms with E-state index in [1.807, 2.05) is 103 Å². The Morgan fingerprint density at radius 1 is 0.694 bits per heavy atom. The van der Waals surface area contributed by atoms with Gasteiger partial charge in [0.25, 0.3) is 5.91 Å². The maximum Gasteiger partial charge on any atom is 0.252 e. The maximum atomic E-state index is 13.6. The van der Waals surface area contributed by atoms with Gasteiger partial charge in [-0.25, -0.2) is 0 Å². The van der Waals surface area contributed by atoms with Gasteiger partial charge in [-0.15, -0.1) is 0 Å². The molecule has 6 heteroatoms. The lowest BCUT2D eigenvalue weighted by atomic mass is 9.76. The Kier molecular flexibility index (Phi) is 8.73. The summed E-state index contributed by atoms with van der Waals surface area (Å²) in [5.74, 6) is -0.283. The van der Waals surface area contributed by atoms with Crippen LogP contribution in [0.25, 0.3) is 0 Å². The molecule has 0 bridgehead atoms. The summed E-state index contributed by atoms with van der Waals surface area (Å²) in [6, 6.07) is 36.7. The van der Waals surface area contributed by atoms with Gasteiger partial charge in [0.2, 0.25) is 5.91 Å². The summed E-state index contributed by atoms with van der Waals surface area (Å²) in [4.78, 5) is 25.8. The zero-order chi connectivity index (χ0) is 25.4. The zero-order valence-corrected chi connectivity index (χ0v) is 22.7. The first-order valence-electron chi connectivity index (χ1n) is 11.6. The lowest BCUT2D eigenvalue weighted by Crippen LogP contribution is -2.47. The molecular weight excluding hydrogens is 580 g/mol. The minimum atomic E-state index is -0.952. The second-order valence-corrected chi connectivity index (χ2v) is 10.2. The second-order valence-electron chi connectivity index (χ2n) is 8.31. The van der Waals surface area contributed by atoms with Crippen molar-refractivity contribution in [1.82, 2.24) is 5.32 Å². The molecular formula is C30H26Br2N2O2. The van der Waals surface area contributed by atoms with Gasteiger partial charge in [0, 0.05) is 16.6 Å². The molecule has 0 radical (unpaired) electrons. The smallest absolute Gasteiger partial charge is 0.252 e. The van der Waals surface area contributed by atoms with Crippen LogP contribution in [0.15, 0.2) is 115 Å². The third-order valence-electron chi connectivity index (χ3n) is 5.98.